The van der Waals surface area contributed by atoms with Crippen LogP contribution in [-0.4, -0.2) is 25.2 Å². The van der Waals surface area contributed by atoms with E-state index in [-0.39, 0.29) is 5.97 Å². The van der Waals surface area contributed by atoms with Gasteiger partial charge in [-0.15, -0.1) is 0 Å². The Bertz CT molecular complexity index is 538. The second kappa shape index (κ2) is 11.7. The van der Waals surface area contributed by atoms with E-state index in [0.717, 1.165) is 32.1 Å². The van der Waals surface area contributed by atoms with Crippen LogP contribution in [0.15, 0.2) is 24.3 Å². The first kappa shape index (κ1) is 21.2. The van der Waals surface area contributed by atoms with Gasteiger partial charge in [-0.25, -0.2) is 9.59 Å². The molecule has 140 valence electrons. The second-order valence-corrected chi connectivity index (χ2v) is 6.71. The van der Waals surface area contributed by atoms with Gasteiger partial charge < -0.3 is 9.47 Å². The fourth-order valence-corrected chi connectivity index (χ4v) is 2.37. The van der Waals surface area contributed by atoms with E-state index in [9.17, 15) is 9.59 Å². The first-order chi connectivity index (χ1) is 12.0. The number of rotatable bonds is 11. The average Bonchev–Trinajstić information content (AvgIpc) is 2.65. The van der Waals surface area contributed by atoms with Crippen LogP contribution in [0.2, 0.25) is 0 Å². The van der Waals surface area contributed by atoms with Crippen LogP contribution >= 0.6 is 0 Å². The number of hydrogen-bond donors (Lipinski definition) is 0. The van der Waals surface area contributed by atoms with Crippen LogP contribution in [0.5, 0.6) is 0 Å². The highest BCUT2D eigenvalue weighted by Gasteiger charge is 2.15. The summed E-state index contributed by atoms with van der Waals surface area (Å²) in [6.45, 7) is 9.17. The normalized spacial score (nSPS) is 13.1. The lowest BCUT2D eigenvalue weighted by atomic mass is 10.0. The summed E-state index contributed by atoms with van der Waals surface area (Å²) >= 11 is 0. The third-order valence-electron chi connectivity index (χ3n) is 4.52. The third kappa shape index (κ3) is 7.72. The van der Waals surface area contributed by atoms with E-state index in [1.54, 1.807) is 24.3 Å². The summed E-state index contributed by atoms with van der Waals surface area (Å²) < 4.78 is 10.7. The Kier molecular flexibility index (Phi) is 9.90. The molecule has 2 unspecified atom stereocenters. The summed E-state index contributed by atoms with van der Waals surface area (Å²) in [5.74, 6) is -0.0605. The molecule has 0 fully saturated rings. The molecule has 1 rings (SSSR count). The Morgan fingerprint density at radius 1 is 0.960 bits per heavy atom. The molecular formula is C21H32O4. The zero-order valence-corrected chi connectivity index (χ0v) is 16.0. The maximum Gasteiger partial charge on any atom is 0.338 e. The molecule has 0 amide bonds. The van der Waals surface area contributed by atoms with Gasteiger partial charge in [0.2, 0.25) is 0 Å². The molecule has 0 saturated heterocycles. The summed E-state index contributed by atoms with van der Waals surface area (Å²) in [7, 11) is 0. The zero-order valence-electron chi connectivity index (χ0n) is 16.0. The molecule has 0 saturated carbocycles. The minimum atomic E-state index is -0.399. The number of carbonyl (C=O) groups excluding carboxylic acids is 2. The van der Waals surface area contributed by atoms with E-state index >= 15 is 0 Å². The lowest BCUT2D eigenvalue weighted by Gasteiger charge is -2.15. The van der Waals surface area contributed by atoms with Gasteiger partial charge in [-0.2, -0.15) is 0 Å². The fourth-order valence-electron chi connectivity index (χ4n) is 2.37. The van der Waals surface area contributed by atoms with E-state index < -0.39 is 5.97 Å². The number of benzene rings is 1. The predicted octanol–water partition coefficient (Wildman–Crippen LogP) is 5.26. The number of ether oxygens (including phenoxy) is 2. The number of unbranched alkanes of at least 4 members (excludes halogenated alkanes) is 1. The van der Waals surface area contributed by atoms with Crippen molar-refractivity contribution in [1.82, 2.24) is 0 Å². The van der Waals surface area contributed by atoms with E-state index in [1.165, 1.54) is 0 Å². The summed E-state index contributed by atoms with van der Waals surface area (Å²) in [6, 6.07) is 6.56. The first-order valence-electron chi connectivity index (χ1n) is 9.46. The highest BCUT2D eigenvalue weighted by Crippen LogP contribution is 2.15. The summed E-state index contributed by atoms with van der Waals surface area (Å²) in [6.07, 6.45) is 5.31. The highest BCUT2D eigenvalue weighted by atomic mass is 16.5. The van der Waals surface area contributed by atoms with Crippen LogP contribution in [0, 0.1) is 11.8 Å². The van der Waals surface area contributed by atoms with Crippen molar-refractivity contribution in [2.45, 2.75) is 59.8 Å². The standard InChI is InChI=1S/C21H32O4/c1-5-8-10-17(7-3)15-25-21(23)19-12-9-11-18(13-19)20(22)24-14-16(4)6-2/h9,11-13,16-17H,5-8,10,14-15H2,1-4H3. The molecule has 0 spiro atoms. The Hall–Kier alpha value is -1.84. The van der Waals surface area contributed by atoms with Gasteiger partial charge in [-0.3, -0.25) is 0 Å². The van der Waals surface area contributed by atoms with Crippen molar-refractivity contribution < 1.29 is 19.1 Å². The minimum absolute atomic E-state index is 0.325. The SMILES string of the molecule is CCCCC(CC)COC(=O)c1cccc(C(=O)OCC(C)CC)c1. The average molecular weight is 348 g/mol. The maximum atomic E-state index is 12.3. The van der Waals surface area contributed by atoms with Crippen molar-refractivity contribution in [3.63, 3.8) is 0 Å². The smallest absolute Gasteiger partial charge is 0.338 e. The first-order valence-corrected chi connectivity index (χ1v) is 9.46. The van der Waals surface area contributed by atoms with Crippen molar-refractivity contribution in [3.05, 3.63) is 35.4 Å². The molecule has 4 heteroatoms. The molecule has 1 aromatic carbocycles. The monoisotopic (exact) mass is 348 g/mol. The Morgan fingerprint density at radius 3 is 2.08 bits per heavy atom. The van der Waals surface area contributed by atoms with E-state index in [1.807, 2.05) is 6.92 Å². The third-order valence-corrected chi connectivity index (χ3v) is 4.52. The predicted molar refractivity (Wildman–Crippen MR) is 99.8 cm³/mol. The number of esters is 2. The zero-order chi connectivity index (χ0) is 18.7. The Labute approximate surface area is 151 Å². The Balaban J connectivity index is 2.60. The molecule has 2 atom stereocenters. The van der Waals surface area contributed by atoms with E-state index in [4.69, 9.17) is 9.47 Å². The summed E-state index contributed by atoms with van der Waals surface area (Å²) in [4.78, 5) is 24.3. The molecule has 0 radical (unpaired) electrons. The van der Waals surface area contributed by atoms with Gasteiger partial charge in [0.25, 0.3) is 0 Å². The van der Waals surface area contributed by atoms with Gasteiger partial charge in [0.1, 0.15) is 0 Å². The molecule has 4 nitrogen and oxygen atoms in total. The van der Waals surface area contributed by atoms with Crippen LogP contribution in [-0.2, 0) is 9.47 Å². The summed E-state index contributed by atoms with van der Waals surface area (Å²) in [5.41, 5.74) is 0.777. The lowest BCUT2D eigenvalue weighted by molar-refractivity contribution is 0.0428. The lowest BCUT2D eigenvalue weighted by Crippen LogP contribution is -2.15. The topological polar surface area (TPSA) is 52.6 Å². The Morgan fingerprint density at radius 2 is 1.56 bits per heavy atom. The number of carbonyl (C=O) groups is 2. The minimum Gasteiger partial charge on any atom is -0.462 e. The molecule has 0 aromatic heterocycles. The van der Waals surface area contributed by atoms with Crippen molar-refractivity contribution in [2.24, 2.45) is 11.8 Å². The maximum absolute atomic E-state index is 12.3. The number of hydrogen-bond acceptors (Lipinski definition) is 4. The van der Waals surface area contributed by atoms with Gasteiger partial charge >= 0.3 is 11.9 Å². The molecule has 0 bridgehead atoms. The summed E-state index contributed by atoms with van der Waals surface area (Å²) in [5, 5.41) is 0. The van der Waals surface area contributed by atoms with Gasteiger partial charge in [0, 0.05) is 0 Å². The molecule has 0 aliphatic heterocycles. The van der Waals surface area contributed by atoms with Crippen LogP contribution in [0.3, 0.4) is 0 Å². The quantitative estimate of drug-likeness (QED) is 0.512. The van der Waals surface area contributed by atoms with Crippen LogP contribution in [0.25, 0.3) is 0 Å². The fraction of sp³-hybridized carbons (Fsp3) is 0.619. The van der Waals surface area contributed by atoms with Crippen molar-refractivity contribution in [3.8, 4) is 0 Å². The molecule has 0 aliphatic carbocycles. The van der Waals surface area contributed by atoms with E-state index in [0.29, 0.717) is 36.2 Å². The largest absolute Gasteiger partial charge is 0.462 e. The molecule has 0 N–H and O–H groups in total. The highest BCUT2D eigenvalue weighted by molar-refractivity contribution is 5.95. The van der Waals surface area contributed by atoms with Gasteiger partial charge in [0.05, 0.1) is 24.3 Å². The van der Waals surface area contributed by atoms with Crippen molar-refractivity contribution >= 4 is 11.9 Å². The second-order valence-electron chi connectivity index (χ2n) is 6.71. The van der Waals surface area contributed by atoms with Crippen LogP contribution in [0.4, 0.5) is 0 Å². The van der Waals surface area contributed by atoms with Gasteiger partial charge in [-0.05, 0) is 36.5 Å². The van der Waals surface area contributed by atoms with Crippen molar-refractivity contribution in [2.75, 3.05) is 13.2 Å². The molecule has 1 aromatic rings. The van der Waals surface area contributed by atoms with Gasteiger partial charge in [0.15, 0.2) is 0 Å². The molecule has 0 aliphatic rings. The van der Waals surface area contributed by atoms with E-state index in [2.05, 4.69) is 20.8 Å². The van der Waals surface area contributed by atoms with Crippen LogP contribution < -0.4 is 0 Å². The van der Waals surface area contributed by atoms with Gasteiger partial charge in [-0.1, -0.05) is 59.4 Å². The molecule has 25 heavy (non-hydrogen) atoms. The molecular weight excluding hydrogens is 316 g/mol. The molecule has 0 heterocycles. The van der Waals surface area contributed by atoms with Crippen molar-refractivity contribution in [1.29, 1.82) is 0 Å². The van der Waals surface area contributed by atoms with Crippen LogP contribution in [0.1, 0.15) is 80.5 Å².